The molecule has 3 aromatic rings. The Morgan fingerprint density at radius 3 is 2.64 bits per heavy atom. The van der Waals surface area contributed by atoms with Gasteiger partial charge in [-0.2, -0.15) is 0 Å². The van der Waals surface area contributed by atoms with Gasteiger partial charge in [-0.25, -0.2) is 27.6 Å². The van der Waals surface area contributed by atoms with Crippen LogP contribution in [-0.4, -0.2) is 54.4 Å². The van der Waals surface area contributed by atoms with Crippen molar-refractivity contribution in [1.29, 1.82) is 0 Å². The summed E-state index contributed by atoms with van der Waals surface area (Å²) in [6.45, 7) is 3.98. The van der Waals surface area contributed by atoms with E-state index in [0.717, 1.165) is 43.2 Å². The normalized spacial score (nSPS) is 15.3. The molecule has 0 spiro atoms. The van der Waals surface area contributed by atoms with Gasteiger partial charge in [-0.3, -0.25) is 4.90 Å². The van der Waals surface area contributed by atoms with E-state index in [1.54, 1.807) is 0 Å². The maximum absolute atomic E-state index is 15.0. The van der Waals surface area contributed by atoms with Crippen molar-refractivity contribution in [3.63, 3.8) is 0 Å². The zero-order valence-corrected chi connectivity index (χ0v) is 19.6. The van der Waals surface area contributed by atoms with Crippen LogP contribution in [0.2, 0.25) is 0 Å². The van der Waals surface area contributed by atoms with E-state index in [-0.39, 0.29) is 10.6 Å². The van der Waals surface area contributed by atoms with Crippen molar-refractivity contribution in [2.45, 2.75) is 43.7 Å². The number of primary sulfonamides is 1. The van der Waals surface area contributed by atoms with E-state index in [9.17, 15) is 12.8 Å². The molecule has 1 saturated heterocycles. The average molecular weight is 474 g/mol. The number of ether oxygens (including phenoxy) is 1. The largest absolute Gasteiger partial charge is 0.381 e. The van der Waals surface area contributed by atoms with Crippen molar-refractivity contribution in [3.8, 4) is 5.69 Å². The molecule has 0 atom stereocenters. The summed E-state index contributed by atoms with van der Waals surface area (Å²) in [6.07, 6.45) is 2.33. The Morgan fingerprint density at radius 1 is 1.21 bits per heavy atom. The molecule has 1 aliphatic heterocycles. The molecule has 2 N–H and O–H groups in total. The summed E-state index contributed by atoms with van der Waals surface area (Å²) in [4.78, 5) is 6.63. The third-order valence-corrected chi connectivity index (χ3v) is 6.75. The molecule has 10 heteroatoms. The van der Waals surface area contributed by atoms with Crippen LogP contribution in [0, 0.1) is 12.7 Å². The molecule has 33 heavy (non-hydrogen) atoms. The molecule has 2 aromatic carbocycles. The number of nitrogens with zero attached hydrogens (tertiary/aromatic N) is 4. The molecule has 1 aliphatic rings. The molecular weight excluding hydrogens is 445 g/mol. The highest BCUT2D eigenvalue weighted by molar-refractivity contribution is 7.89. The first-order valence-electron chi connectivity index (χ1n) is 10.8. The van der Waals surface area contributed by atoms with Gasteiger partial charge < -0.3 is 4.74 Å². The molecule has 0 unspecified atom stereocenters. The fraction of sp³-hybridized carbons (Fsp3) is 0.391. The minimum Gasteiger partial charge on any atom is -0.381 e. The predicted octanol–water partition coefficient (Wildman–Crippen LogP) is 2.56. The van der Waals surface area contributed by atoms with Gasteiger partial charge in [0.05, 0.1) is 11.4 Å². The van der Waals surface area contributed by atoms with Crippen LogP contribution in [0.3, 0.4) is 0 Å². The van der Waals surface area contributed by atoms with E-state index in [0.29, 0.717) is 30.7 Å². The van der Waals surface area contributed by atoms with Gasteiger partial charge in [0.1, 0.15) is 17.3 Å². The van der Waals surface area contributed by atoms with Crippen LogP contribution in [-0.2, 0) is 27.7 Å². The molecule has 0 amide bonds. The Bertz CT molecular complexity index is 1240. The first kappa shape index (κ1) is 23.5. The summed E-state index contributed by atoms with van der Waals surface area (Å²) in [6, 6.07) is 11.9. The lowest BCUT2D eigenvalue weighted by atomic mass is 10.1. The zero-order chi connectivity index (χ0) is 23.6. The predicted molar refractivity (Wildman–Crippen MR) is 122 cm³/mol. The lowest BCUT2D eigenvalue weighted by Crippen LogP contribution is -2.36. The molecule has 0 bridgehead atoms. The second-order valence-corrected chi connectivity index (χ2v) is 10.0. The van der Waals surface area contributed by atoms with Crippen LogP contribution in [0.25, 0.3) is 5.69 Å². The van der Waals surface area contributed by atoms with E-state index in [1.807, 2.05) is 38.2 Å². The standard InChI is InChI=1S/C23H28FN5O3S/c1-16-4-3-5-17(12-16)13-23-26-22(15-28(2)18-8-10-32-11-9-18)27-29(23)21-7-6-19(14-20(21)24)33(25,30)31/h3-7,12,14,18H,8-11,13,15H2,1-2H3,(H2,25,30,31). The van der Waals surface area contributed by atoms with Gasteiger partial charge >= 0.3 is 0 Å². The Hall–Kier alpha value is -2.66. The van der Waals surface area contributed by atoms with Crippen molar-refractivity contribution in [2.24, 2.45) is 5.14 Å². The minimum absolute atomic E-state index is 0.123. The smallest absolute Gasteiger partial charge is 0.238 e. The summed E-state index contributed by atoms with van der Waals surface area (Å²) in [5.41, 5.74) is 2.26. The fourth-order valence-electron chi connectivity index (χ4n) is 4.09. The first-order chi connectivity index (χ1) is 15.7. The van der Waals surface area contributed by atoms with Crippen molar-refractivity contribution in [1.82, 2.24) is 19.7 Å². The Kier molecular flexibility index (Phi) is 6.89. The minimum atomic E-state index is -4.01. The highest BCUT2D eigenvalue weighted by atomic mass is 32.2. The van der Waals surface area contributed by atoms with Crippen LogP contribution in [0.15, 0.2) is 47.4 Å². The van der Waals surface area contributed by atoms with Gasteiger partial charge in [0, 0.05) is 25.7 Å². The Balaban J connectivity index is 1.69. The number of hydrogen-bond donors (Lipinski definition) is 1. The fourth-order valence-corrected chi connectivity index (χ4v) is 4.61. The quantitative estimate of drug-likeness (QED) is 0.566. The van der Waals surface area contributed by atoms with Crippen LogP contribution in [0.5, 0.6) is 0 Å². The second-order valence-electron chi connectivity index (χ2n) is 8.44. The number of aryl methyl sites for hydroxylation is 1. The van der Waals surface area contributed by atoms with Gasteiger partial charge in [-0.1, -0.05) is 29.8 Å². The molecule has 8 nitrogen and oxygen atoms in total. The van der Waals surface area contributed by atoms with Gasteiger partial charge in [0.2, 0.25) is 10.0 Å². The number of halogens is 1. The molecule has 0 aliphatic carbocycles. The molecule has 4 rings (SSSR count). The van der Waals surface area contributed by atoms with Crippen molar-refractivity contribution >= 4 is 10.0 Å². The van der Waals surface area contributed by atoms with Crippen LogP contribution in [0.1, 0.15) is 35.6 Å². The Morgan fingerprint density at radius 2 is 1.97 bits per heavy atom. The molecule has 1 aromatic heterocycles. The monoisotopic (exact) mass is 473 g/mol. The number of sulfonamides is 1. The van der Waals surface area contributed by atoms with E-state index < -0.39 is 15.8 Å². The molecule has 176 valence electrons. The van der Waals surface area contributed by atoms with Crippen LogP contribution >= 0.6 is 0 Å². The summed E-state index contributed by atoms with van der Waals surface area (Å²) in [5, 5.41) is 9.75. The summed E-state index contributed by atoms with van der Waals surface area (Å²) < 4.78 is 45.1. The van der Waals surface area contributed by atoms with Gasteiger partial charge in [0.15, 0.2) is 5.82 Å². The highest BCUT2D eigenvalue weighted by Crippen LogP contribution is 2.21. The van der Waals surface area contributed by atoms with E-state index in [4.69, 9.17) is 14.9 Å². The third-order valence-electron chi connectivity index (χ3n) is 5.84. The van der Waals surface area contributed by atoms with Crippen LogP contribution in [0.4, 0.5) is 4.39 Å². The molecular formula is C23H28FN5O3S. The van der Waals surface area contributed by atoms with Gasteiger partial charge in [-0.05, 0) is 50.6 Å². The Labute approximate surface area is 193 Å². The highest BCUT2D eigenvalue weighted by Gasteiger charge is 2.22. The van der Waals surface area contributed by atoms with Crippen molar-refractivity contribution in [3.05, 3.63) is 71.1 Å². The zero-order valence-electron chi connectivity index (χ0n) is 18.7. The maximum Gasteiger partial charge on any atom is 0.238 e. The summed E-state index contributed by atoms with van der Waals surface area (Å²) >= 11 is 0. The van der Waals surface area contributed by atoms with E-state index in [1.165, 1.54) is 16.8 Å². The molecule has 0 radical (unpaired) electrons. The first-order valence-corrected chi connectivity index (χ1v) is 12.4. The van der Waals surface area contributed by atoms with E-state index in [2.05, 4.69) is 10.00 Å². The maximum atomic E-state index is 15.0. The number of benzene rings is 2. The second kappa shape index (κ2) is 9.68. The van der Waals surface area contributed by atoms with Crippen molar-refractivity contribution < 1.29 is 17.5 Å². The molecule has 1 fully saturated rings. The molecule has 0 saturated carbocycles. The van der Waals surface area contributed by atoms with Crippen molar-refractivity contribution in [2.75, 3.05) is 20.3 Å². The topological polar surface area (TPSA) is 103 Å². The van der Waals surface area contributed by atoms with E-state index >= 15 is 0 Å². The summed E-state index contributed by atoms with van der Waals surface area (Å²) in [7, 11) is -1.99. The SMILES string of the molecule is Cc1cccc(Cc2nc(CN(C)C3CCOCC3)nn2-c2ccc(S(N)(=O)=O)cc2F)c1. The lowest BCUT2D eigenvalue weighted by molar-refractivity contribution is 0.0399. The summed E-state index contributed by atoms with van der Waals surface area (Å²) in [5.74, 6) is 0.404. The number of aromatic nitrogens is 3. The van der Waals surface area contributed by atoms with Gasteiger partial charge in [0.25, 0.3) is 0 Å². The van der Waals surface area contributed by atoms with Crippen LogP contribution < -0.4 is 5.14 Å². The number of hydrogen-bond acceptors (Lipinski definition) is 6. The number of nitrogens with two attached hydrogens (primary N) is 1. The third kappa shape index (κ3) is 5.64. The molecule has 2 heterocycles. The van der Waals surface area contributed by atoms with Gasteiger partial charge in [-0.15, -0.1) is 5.10 Å². The lowest BCUT2D eigenvalue weighted by Gasteiger charge is -2.30. The number of rotatable bonds is 7. The average Bonchev–Trinajstić information content (AvgIpc) is 3.15.